The fourth-order valence-electron chi connectivity index (χ4n) is 5.85. The minimum absolute atomic E-state index is 0.415. The first kappa shape index (κ1) is 12.6. The second-order valence-electron chi connectivity index (χ2n) is 7.65. The average molecular weight is 279 g/mol. The highest BCUT2D eigenvalue weighted by Gasteiger charge is 2.52. The molecular weight excluding hydrogens is 254 g/mol. The van der Waals surface area contributed by atoms with Crippen molar-refractivity contribution in [2.45, 2.75) is 57.2 Å². The van der Waals surface area contributed by atoms with Crippen molar-refractivity contribution >= 4 is 17.7 Å². The molecule has 0 aromatic heterocycles. The summed E-state index contributed by atoms with van der Waals surface area (Å²) >= 11 is 1.93. The van der Waals surface area contributed by atoms with Crippen LogP contribution in [0.4, 0.5) is 0 Å². The molecule has 1 amide bonds. The van der Waals surface area contributed by atoms with Crippen molar-refractivity contribution in [3.8, 4) is 0 Å². The number of carbonyl (C=O) groups excluding carboxylic acids is 1. The summed E-state index contributed by atoms with van der Waals surface area (Å²) in [5.41, 5.74) is 0.415. The van der Waals surface area contributed by atoms with Gasteiger partial charge in [-0.05, 0) is 68.6 Å². The van der Waals surface area contributed by atoms with Gasteiger partial charge in [-0.1, -0.05) is 0 Å². The van der Waals surface area contributed by atoms with E-state index < -0.39 is 0 Å². The van der Waals surface area contributed by atoms with Gasteiger partial charge in [0.2, 0.25) is 5.91 Å². The maximum absolute atomic E-state index is 12.7. The third-order valence-corrected chi connectivity index (χ3v) is 7.30. The molecule has 0 N–H and O–H groups in total. The summed E-state index contributed by atoms with van der Waals surface area (Å²) in [6.07, 6.45) is 9.37. The van der Waals surface area contributed by atoms with Crippen LogP contribution in [-0.4, -0.2) is 28.5 Å². The molecule has 4 aliphatic carbocycles. The van der Waals surface area contributed by atoms with E-state index in [1.807, 2.05) is 11.8 Å². The van der Waals surface area contributed by atoms with Gasteiger partial charge in [-0.15, -0.1) is 11.8 Å². The van der Waals surface area contributed by atoms with Crippen LogP contribution in [0.5, 0.6) is 0 Å². The van der Waals surface area contributed by atoms with Gasteiger partial charge in [0, 0.05) is 18.7 Å². The van der Waals surface area contributed by atoms with Crippen molar-refractivity contribution in [3.05, 3.63) is 0 Å². The monoisotopic (exact) mass is 279 g/mol. The zero-order chi connectivity index (χ0) is 13.0. The maximum Gasteiger partial charge on any atom is 0.224 e. The van der Waals surface area contributed by atoms with E-state index in [0.717, 1.165) is 36.5 Å². The molecule has 106 valence electrons. The lowest BCUT2D eigenvalue weighted by molar-refractivity contribution is -0.139. The lowest BCUT2D eigenvalue weighted by atomic mass is 9.49. The van der Waals surface area contributed by atoms with Crippen LogP contribution in [-0.2, 0) is 4.79 Å². The van der Waals surface area contributed by atoms with Crippen LogP contribution in [0.25, 0.3) is 0 Å². The number of nitrogens with zero attached hydrogens (tertiary/aromatic N) is 1. The van der Waals surface area contributed by atoms with E-state index in [0.29, 0.717) is 16.7 Å². The van der Waals surface area contributed by atoms with Crippen molar-refractivity contribution in [2.24, 2.45) is 23.2 Å². The predicted molar refractivity (Wildman–Crippen MR) is 78.9 cm³/mol. The Bertz CT molecular complexity index is 359. The van der Waals surface area contributed by atoms with Crippen LogP contribution in [0.15, 0.2) is 0 Å². The Kier molecular flexibility index (Phi) is 2.91. The number of amides is 1. The molecule has 1 unspecified atom stereocenters. The molecule has 0 radical (unpaired) electrons. The quantitative estimate of drug-likeness (QED) is 0.771. The Morgan fingerprint density at radius 1 is 1.16 bits per heavy atom. The summed E-state index contributed by atoms with van der Waals surface area (Å²) in [5, 5.41) is 0.418. The zero-order valence-corrected chi connectivity index (χ0v) is 12.8. The maximum atomic E-state index is 12.7. The lowest BCUT2D eigenvalue weighted by Gasteiger charge is -2.57. The van der Waals surface area contributed by atoms with Crippen LogP contribution < -0.4 is 0 Å². The number of rotatable bonds is 2. The van der Waals surface area contributed by atoms with Gasteiger partial charge in [0.1, 0.15) is 0 Å². The largest absolute Gasteiger partial charge is 0.330 e. The van der Waals surface area contributed by atoms with Gasteiger partial charge in [-0.3, -0.25) is 4.79 Å². The summed E-state index contributed by atoms with van der Waals surface area (Å²) in [6.45, 7) is 3.17. The highest BCUT2D eigenvalue weighted by molar-refractivity contribution is 8.00. The first-order chi connectivity index (χ1) is 9.13. The van der Waals surface area contributed by atoms with Crippen LogP contribution in [0.1, 0.15) is 51.9 Å². The van der Waals surface area contributed by atoms with E-state index in [9.17, 15) is 4.79 Å². The third kappa shape index (κ3) is 2.12. The van der Waals surface area contributed by atoms with Crippen molar-refractivity contribution < 1.29 is 4.79 Å². The number of hydrogen-bond acceptors (Lipinski definition) is 2. The van der Waals surface area contributed by atoms with Crippen molar-refractivity contribution in [3.63, 3.8) is 0 Å². The fraction of sp³-hybridized carbons (Fsp3) is 0.938. The molecular formula is C16H25NOS. The van der Waals surface area contributed by atoms with Crippen LogP contribution >= 0.6 is 11.8 Å². The molecule has 3 heteroatoms. The summed E-state index contributed by atoms with van der Waals surface area (Å²) in [5.74, 6) is 4.48. The Labute approximate surface area is 120 Å². The lowest BCUT2D eigenvalue weighted by Crippen LogP contribution is -2.48. The molecule has 0 spiro atoms. The third-order valence-electron chi connectivity index (χ3n) is 6.14. The first-order valence-corrected chi connectivity index (χ1v) is 9.09. The molecule has 4 saturated carbocycles. The normalized spacial score (nSPS) is 47.9. The number of thioether (sulfide) groups is 1. The van der Waals surface area contributed by atoms with E-state index in [2.05, 4.69) is 11.8 Å². The standard InChI is InChI=1S/C16H25NOS/c1-11-17(2-3-19-11)15(18)10-16-7-12-4-13(8-16)6-14(5-12)9-16/h11-14H,2-10H2,1H3. The molecule has 4 bridgehead atoms. The summed E-state index contributed by atoms with van der Waals surface area (Å²) in [6, 6.07) is 0. The molecule has 2 nitrogen and oxygen atoms in total. The molecule has 1 heterocycles. The minimum Gasteiger partial charge on any atom is -0.330 e. The Hall–Kier alpha value is -0.180. The van der Waals surface area contributed by atoms with E-state index >= 15 is 0 Å². The van der Waals surface area contributed by atoms with Gasteiger partial charge in [0.15, 0.2) is 0 Å². The van der Waals surface area contributed by atoms with E-state index in [1.165, 1.54) is 38.5 Å². The second-order valence-corrected chi connectivity index (χ2v) is 9.08. The topological polar surface area (TPSA) is 20.3 Å². The smallest absolute Gasteiger partial charge is 0.224 e. The van der Waals surface area contributed by atoms with Gasteiger partial charge in [-0.2, -0.15) is 0 Å². The van der Waals surface area contributed by atoms with Crippen LogP contribution in [0, 0.1) is 23.2 Å². The van der Waals surface area contributed by atoms with Gasteiger partial charge < -0.3 is 4.90 Å². The summed E-state index contributed by atoms with van der Waals surface area (Å²) < 4.78 is 0. The second kappa shape index (κ2) is 4.41. The Morgan fingerprint density at radius 3 is 2.21 bits per heavy atom. The SMILES string of the molecule is CC1SCCN1C(=O)CC12CC3CC(CC(C3)C1)C2. The van der Waals surface area contributed by atoms with Crippen molar-refractivity contribution in [2.75, 3.05) is 12.3 Å². The predicted octanol–water partition coefficient (Wildman–Crippen LogP) is 3.51. The van der Waals surface area contributed by atoms with Gasteiger partial charge in [-0.25, -0.2) is 0 Å². The van der Waals surface area contributed by atoms with E-state index in [4.69, 9.17) is 0 Å². The van der Waals surface area contributed by atoms with Gasteiger partial charge in [0.25, 0.3) is 0 Å². The molecule has 5 fully saturated rings. The molecule has 5 aliphatic rings. The van der Waals surface area contributed by atoms with E-state index in [-0.39, 0.29) is 0 Å². The van der Waals surface area contributed by atoms with Gasteiger partial charge >= 0.3 is 0 Å². The summed E-state index contributed by atoms with van der Waals surface area (Å²) in [7, 11) is 0. The fourth-order valence-corrected chi connectivity index (χ4v) is 6.90. The Balaban J connectivity index is 1.48. The highest BCUT2D eigenvalue weighted by atomic mass is 32.2. The van der Waals surface area contributed by atoms with Crippen LogP contribution in [0.3, 0.4) is 0 Å². The molecule has 0 aromatic carbocycles. The van der Waals surface area contributed by atoms with E-state index in [1.54, 1.807) is 0 Å². The molecule has 5 rings (SSSR count). The molecule has 1 saturated heterocycles. The Morgan fingerprint density at radius 2 is 1.74 bits per heavy atom. The van der Waals surface area contributed by atoms with Crippen molar-refractivity contribution in [1.82, 2.24) is 4.90 Å². The van der Waals surface area contributed by atoms with Gasteiger partial charge in [0.05, 0.1) is 5.37 Å². The molecule has 19 heavy (non-hydrogen) atoms. The average Bonchev–Trinajstić information content (AvgIpc) is 2.72. The zero-order valence-electron chi connectivity index (χ0n) is 11.9. The van der Waals surface area contributed by atoms with Crippen LogP contribution in [0.2, 0.25) is 0 Å². The molecule has 0 aromatic rings. The highest BCUT2D eigenvalue weighted by Crippen LogP contribution is 2.61. The molecule has 1 aliphatic heterocycles. The molecule has 1 atom stereocenters. The first-order valence-electron chi connectivity index (χ1n) is 8.05. The minimum atomic E-state index is 0.415. The summed E-state index contributed by atoms with van der Waals surface area (Å²) in [4.78, 5) is 14.8. The number of carbonyl (C=O) groups is 1. The van der Waals surface area contributed by atoms with Crippen molar-refractivity contribution in [1.29, 1.82) is 0 Å². The number of hydrogen-bond donors (Lipinski definition) is 0.